The second-order valence-corrected chi connectivity index (χ2v) is 4.11. The summed E-state index contributed by atoms with van der Waals surface area (Å²) in [4.78, 5) is 13.8. The molecule has 1 aliphatic heterocycles. The van der Waals surface area contributed by atoms with Crippen LogP contribution in [0.1, 0.15) is 13.3 Å². The van der Waals surface area contributed by atoms with Crippen LogP contribution in [0.15, 0.2) is 18.7 Å². The lowest BCUT2D eigenvalue weighted by Gasteiger charge is -2.11. The van der Waals surface area contributed by atoms with Crippen LogP contribution < -0.4 is 4.57 Å². The molecule has 14 heavy (non-hydrogen) atoms. The monoisotopic (exact) mass is 194 g/mol. The first-order chi connectivity index (χ1) is 6.66. The van der Waals surface area contributed by atoms with E-state index in [0.717, 1.165) is 19.5 Å². The van der Waals surface area contributed by atoms with Gasteiger partial charge in [0.25, 0.3) is 6.33 Å². The standard InChI is InChI=1S/C10H16N3O/c1-9-3-4-12(7-9)10(14)13-6-5-11(2)8-13/h5-6,8-9H,3-4,7H2,1-2H3/q+1. The molecule has 0 spiro atoms. The van der Waals surface area contributed by atoms with Gasteiger partial charge in [0.1, 0.15) is 12.4 Å². The maximum absolute atomic E-state index is 11.9. The van der Waals surface area contributed by atoms with E-state index in [4.69, 9.17) is 0 Å². The summed E-state index contributed by atoms with van der Waals surface area (Å²) in [6.45, 7) is 3.96. The molecular formula is C10H16N3O+. The lowest BCUT2D eigenvalue weighted by Crippen LogP contribution is -2.33. The number of hydrogen-bond acceptors (Lipinski definition) is 1. The number of likely N-dealkylation sites (tertiary alicyclic amines) is 1. The Morgan fingerprint density at radius 3 is 2.86 bits per heavy atom. The normalized spacial score (nSPS) is 21.6. The molecule has 76 valence electrons. The van der Waals surface area contributed by atoms with Crippen LogP contribution >= 0.6 is 0 Å². The van der Waals surface area contributed by atoms with Crippen LogP contribution in [-0.4, -0.2) is 28.6 Å². The van der Waals surface area contributed by atoms with Gasteiger partial charge in [-0.3, -0.25) is 0 Å². The van der Waals surface area contributed by atoms with Gasteiger partial charge < -0.3 is 4.90 Å². The van der Waals surface area contributed by atoms with Crippen molar-refractivity contribution in [2.45, 2.75) is 13.3 Å². The molecule has 0 bridgehead atoms. The summed E-state index contributed by atoms with van der Waals surface area (Å²) in [6, 6.07) is 0.0925. The predicted octanol–water partition coefficient (Wildman–Crippen LogP) is 0.622. The molecule has 1 atom stereocenters. The Kier molecular flexibility index (Phi) is 2.27. The van der Waals surface area contributed by atoms with Gasteiger partial charge in [-0.05, 0) is 12.3 Å². The van der Waals surface area contributed by atoms with E-state index in [9.17, 15) is 4.79 Å². The van der Waals surface area contributed by atoms with E-state index in [-0.39, 0.29) is 6.03 Å². The van der Waals surface area contributed by atoms with Crippen molar-refractivity contribution >= 4 is 6.03 Å². The van der Waals surface area contributed by atoms with Crippen molar-refractivity contribution in [3.8, 4) is 0 Å². The molecule has 2 heterocycles. The molecule has 1 fully saturated rings. The topological polar surface area (TPSA) is 29.1 Å². The number of carbonyl (C=O) groups excluding carboxylic acids is 1. The van der Waals surface area contributed by atoms with Gasteiger partial charge in [-0.1, -0.05) is 6.92 Å². The van der Waals surface area contributed by atoms with Crippen molar-refractivity contribution < 1.29 is 9.36 Å². The Hall–Kier alpha value is -1.32. The first-order valence-corrected chi connectivity index (χ1v) is 4.99. The van der Waals surface area contributed by atoms with Crippen molar-refractivity contribution in [3.63, 3.8) is 0 Å². The van der Waals surface area contributed by atoms with Crippen LogP contribution in [0.4, 0.5) is 4.79 Å². The number of aryl methyl sites for hydroxylation is 1. The lowest BCUT2D eigenvalue weighted by molar-refractivity contribution is -0.670. The third-order valence-corrected chi connectivity index (χ3v) is 2.68. The molecular weight excluding hydrogens is 178 g/mol. The van der Waals surface area contributed by atoms with Gasteiger partial charge in [-0.2, -0.15) is 4.57 Å². The van der Waals surface area contributed by atoms with E-state index in [1.54, 1.807) is 17.1 Å². The predicted molar refractivity (Wildman–Crippen MR) is 51.8 cm³/mol. The number of rotatable bonds is 0. The summed E-state index contributed by atoms with van der Waals surface area (Å²) in [5, 5.41) is 0. The Bertz CT molecular complexity index is 345. The van der Waals surface area contributed by atoms with Gasteiger partial charge >= 0.3 is 6.03 Å². The highest BCUT2D eigenvalue weighted by atomic mass is 16.2. The Morgan fingerprint density at radius 1 is 1.57 bits per heavy atom. The van der Waals surface area contributed by atoms with Crippen molar-refractivity contribution in [1.82, 2.24) is 9.47 Å². The van der Waals surface area contributed by atoms with Crippen LogP contribution in [0.3, 0.4) is 0 Å². The first kappa shape index (κ1) is 9.24. The number of nitrogens with zero attached hydrogens (tertiary/aromatic N) is 3. The smallest absolute Gasteiger partial charge is 0.304 e. The third-order valence-electron chi connectivity index (χ3n) is 2.68. The molecule has 2 rings (SSSR count). The van der Waals surface area contributed by atoms with Crippen molar-refractivity contribution in [2.75, 3.05) is 13.1 Å². The Balaban J connectivity index is 2.09. The molecule has 1 aromatic heterocycles. The van der Waals surface area contributed by atoms with Crippen LogP contribution in [-0.2, 0) is 7.05 Å². The second kappa shape index (κ2) is 3.44. The quantitative estimate of drug-likeness (QED) is 0.557. The van der Waals surface area contributed by atoms with Crippen molar-refractivity contribution in [1.29, 1.82) is 0 Å². The zero-order valence-electron chi connectivity index (χ0n) is 8.68. The summed E-state index contributed by atoms with van der Waals surface area (Å²) in [5.74, 6) is 0.642. The molecule has 0 N–H and O–H groups in total. The molecule has 4 nitrogen and oxygen atoms in total. The SMILES string of the molecule is CC1CCN(C(=O)n2cc[n+](C)c2)C1. The number of aromatic nitrogens is 2. The molecule has 1 aliphatic rings. The first-order valence-electron chi connectivity index (χ1n) is 4.99. The zero-order valence-corrected chi connectivity index (χ0v) is 8.68. The fourth-order valence-corrected chi connectivity index (χ4v) is 1.84. The van der Waals surface area contributed by atoms with Gasteiger partial charge in [0, 0.05) is 13.1 Å². The summed E-state index contributed by atoms with van der Waals surface area (Å²) in [6.07, 6.45) is 6.59. The Morgan fingerprint density at radius 2 is 2.36 bits per heavy atom. The van der Waals surface area contributed by atoms with Gasteiger partial charge in [-0.25, -0.2) is 9.36 Å². The molecule has 0 aromatic carbocycles. The Labute approximate surface area is 83.8 Å². The summed E-state index contributed by atoms with van der Waals surface area (Å²) >= 11 is 0. The average molecular weight is 194 g/mol. The van der Waals surface area contributed by atoms with Crippen LogP contribution in [0.25, 0.3) is 0 Å². The minimum absolute atomic E-state index is 0.0925. The maximum atomic E-state index is 11.9. The highest BCUT2D eigenvalue weighted by molar-refractivity contribution is 5.76. The summed E-state index contributed by atoms with van der Waals surface area (Å²) < 4.78 is 3.51. The van der Waals surface area contributed by atoms with Gasteiger partial charge in [0.05, 0.1) is 7.05 Å². The average Bonchev–Trinajstić information content (AvgIpc) is 2.73. The van der Waals surface area contributed by atoms with E-state index < -0.39 is 0 Å². The molecule has 1 amide bonds. The highest BCUT2D eigenvalue weighted by Gasteiger charge is 2.27. The minimum Gasteiger partial charge on any atom is -0.304 e. The van der Waals surface area contributed by atoms with Crippen LogP contribution in [0.5, 0.6) is 0 Å². The summed E-state index contributed by atoms with van der Waals surface area (Å²) in [7, 11) is 1.91. The zero-order chi connectivity index (χ0) is 10.1. The number of amides is 1. The van der Waals surface area contributed by atoms with Crippen molar-refractivity contribution in [3.05, 3.63) is 18.7 Å². The van der Waals surface area contributed by atoms with E-state index in [1.807, 2.05) is 22.7 Å². The molecule has 0 saturated carbocycles. The second-order valence-electron chi connectivity index (χ2n) is 4.11. The minimum atomic E-state index is 0.0925. The molecule has 0 aliphatic carbocycles. The molecule has 4 heteroatoms. The molecule has 1 unspecified atom stereocenters. The van der Waals surface area contributed by atoms with E-state index >= 15 is 0 Å². The van der Waals surface area contributed by atoms with Crippen LogP contribution in [0.2, 0.25) is 0 Å². The highest BCUT2D eigenvalue weighted by Crippen LogP contribution is 2.15. The number of hydrogen-bond donors (Lipinski definition) is 0. The lowest BCUT2D eigenvalue weighted by atomic mass is 10.2. The maximum Gasteiger partial charge on any atom is 0.415 e. The van der Waals surface area contributed by atoms with Crippen molar-refractivity contribution in [2.24, 2.45) is 13.0 Å². The van der Waals surface area contributed by atoms with Gasteiger partial charge in [0.2, 0.25) is 0 Å². The number of imidazole rings is 1. The third kappa shape index (κ3) is 1.64. The van der Waals surface area contributed by atoms with E-state index in [2.05, 4.69) is 6.92 Å². The fourth-order valence-electron chi connectivity index (χ4n) is 1.84. The fraction of sp³-hybridized carbons (Fsp3) is 0.600. The largest absolute Gasteiger partial charge is 0.415 e. The molecule has 0 radical (unpaired) electrons. The molecule has 1 aromatic rings. The van der Waals surface area contributed by atoms with Crippen LogP contribution in [0, 0.1) is 5.92 Å². The number of carbonyl (C=O) groups is 1. The van der Waals surface area contributed by atoms with Gasteiger partial charge in [-0.15, -0.1) is 0 Å². The van der Waals surface area contributed by atoms with E-state index in [0.29, 0.717) is 5.92 Å². The summed E-state index contributed by atoms with van der Waals surface area (Å²) in [5.41, 5.74) is 0. The van der Waals surface area contributed by atoms with E-state index in [1.165, 1.54) is 0 Å². The van der Waals surface area contributed by atoms with Gasteiger partial charge in [0.15, 0.2) is 0 Å². The molecule has 1 saturated heterocycles.